The monoisotopic (exact) mass is 532 g/mol. The van der Waals surface area contributed by atoms with Gasteiger partial charge < -0.3 is 19.7 Å². The molecular weight excluding hydrogens is 492 g/mol. The number of oxime groups is 1. The van der Waals surface area contributed by atoms with Gasteiger partial charge in [0.15, 0.2) is 12.4 Å². The van der Waals surface area contributed by atoms with Crippen LogP contribution in [0.5, 0.6) is 11.5 Å². The standard InChI is InChI=1S/C29H41ClN2O5/c1-2-11-23-13-8-5-3-4-7-12-22(31-35-20-27(34)32-16-9-6-10-17-32)18-25-28(30)26(33)19-24(21-14-15-21)29(25)37-36-23/h5,8,19,21,23,33H,2-4,6-7,9-18,20H2,1H3/b8-5+,31-22-. The molecule has 1 amide bonds. The Hall–Kier alpha value is -2.25. The average Bonchev–Trinajstić information content (AvgIpc) is 3.75. The van der Waals surface area contributed by atoms with E-state index < -0.39 is 0 Å². The van der Waals surface area contributed by atoms with E-state index in [1.165, 1.54) is 6.42 Å². The van der Waals surface area contributed by atoms with E-state index in [2.05, 4.69) is 24.2 Å². The van der Waals surface area contributed by atoms with Gasteiger partial charge in [0.2, 0.25) is 0 Å². The second-order valence-electron chi connectivity index (χ2n) is 10.5. The first-order valence-electron chi connectivity index (χ1n) is 14.0. The minimum Gasteiger partial charge on any atom is -0.506 e. The summed E-state index contributed by atoms with van der Waals surface area (Å²) in [6.45, 7) is 3.64. The van der Waals surface area contributed by atoms with E-state index in [4.69, 9.17) is 26.2 Å². The van der Waals surface area contributed by atoms with Gasteiger partial charge >= 0.3 is 0 Å². The third kappa shape index (κ3) is 8.11. The molecule has 1 saturated carbocycles. The number of rotatable bonds is 6. The van der Waals surface area contributed by atoms with Crippen molar-refractivity contribution in [2.24, 2.45) is 5.16 Å². The predicted molar refractivity (Wildman–Crippen MR) is 145 cm³/mol. The van der Waals surface area contributed by atoms with Crippen molar-refractivity contribution in [3.05, 3.63) is 34.4 Å². The first-order chi connectivity index (χ1) is 18.1. The highest BCUT2D eigenvalue weighted by molar-refractivity contribution is 6.33. The largest absolute Gasteiger partial charge is 0.506 e. The topological polar surface area (TPSA) is 80.6 Å². The highest BCUT2D eigenvalue weighted by atomic mass is 35.5. The zero-order valence-corrected chi connectivity index (χ0v) is 22.8. The third-order valence-electron chi connectivity index (χ3n) is 7.34. The van der Waals surface area contributed by atoms with Crippen molar-refractivity contribution >= 4 is 23.2 Å². The molecule has 7 nitrogen and oxygen atoms in total. The van der Waals surface area contributed by atoms with Crippen molar-refractivity contribution in [2.45, 2.75) is 102 Å². The van der Waals surface area contributed by atoms with Crippen LogP contribution in [0.2, 0.25) is 5.02 Å². The Kier molecular flexibility index (Phi) is 10.6. The Morgan fingerprint density at radius 3 is 2.76 bits per heavy atom. The van der Waals surface area contributed by atoms with E-state index in [-0.39, 0.29) is 29.4 Å². The summed E-state index contributed by atoms with van der Waals surface area (Å²) in [6.07, 6.45) is 16.3. The summed E-state index contributed by atoms with van der Waals surface area (Å²) in [4.78, 5) is 32.0. The Bertz CT molecular complexity index is 970. The maximum Gasteiger partial charge on any atom is 0.263 e. The van der Waals surface area contributed by atoms with E-state index in [1.807, 2.05) is 4.90 Å². The van der Waals surface area contributed by atoms with Crippen LogP contribution < -0.4 is 4.89 Å². The molecule has 4 rings (SSSR count). The fourth-order valence-electron chi connectivity index (χ4n) is 5.04. The maximum atomic E-state index is 12.6. The number of allylic oxidation sites excluding steroid dienone is 1. The summed E-state index contributed by atoms with van der Waals surface area (Å²) >= 11 is 6.66. The lowest BCUT2D eigenvalue weighted by Crippen LogP contribution is -2.37. The number of amides is 1. The van der Waals surface area contributed by atoms with Crippen LogP contribution in [0.15, 0.2) is 23.4 Å². The van der Waals surface area contributed by atoms with Crippen molar-refractivity contribution < 1.29 is 24.5 Å². The van der Waals surface area contributed by atoms with Gasteiger partial charge in [-0.3, -0.25) is 4.79 Å². The van der Waals surface area contributed by atoms with Crippen molar-refractivity contribution in [3.8, 4) is 11.5 Å². The normalized spacial score (nSPS) is 23.6. The van der Waals surface area contributed by atoms with Crippen LogP contribution >= 0.6 is 11.6 Å². The Morgan fingerprint density at radius 1 is 1.19 bits per heavy atom. The second kappa shape index (κ2) is 14.1. The number of likely N-dealkylation sites (tertiary alicyclic amines) is 1. The van der Waals surface area contributed by atoms with Crippen LogP contribution in [-0.2, 0) is 20.9 Å². The van der Waals surface area contributed by atoms with Gasteiger partial charge in [-0.25, -0.2) is 0 Å². The molecule has 1 aromatic carbocycles. The minimum atomic E-state index is -0.0709. The molecule has 0 spiro atoms. The van der Waals surface area contributed by atoms with Gasteiger partial charge in [0.05, 0.1) is 10.7 Å². The minimum absolute atomic E-state index is 0.0270. The number of fused-ring (bicyclic) bond motifs is 1. The smallest absolute Gasteiger partial charge is 0.263 e. The number of piperidine rings is 1. The van der Waals surface area contributed by atoms with Gasteiger partial charge in [0, 0.05) is 30.6 Å². The number of halogens is 1. The number of phenolic OH excluding ortho intramolecular Hbond substituents is 1. The zero-order chi connectivity index (χ0) is 26.0. The van der Waals surface area contributed by atoms with Crippen molar-refractivity contribution in [2.75, 3.05) is 19.7 Å². The average molecular weight is 533 g/mol. The van der Waals surface area contributed by atoms with Crippen LogP contribution in [0.3, 0.4) is 0 Å². The molecule has 0 bridgehead atoms. The van der Waals surface area contributed by atoms with Crippen LogP contribution in [0, 0.1) is 0 Å². The van der Waals surface area contributed by atoms with E-state index in [0.29, 0.717) is 30.1 Å². The second-order valence-corrected chi connectivity index (χ2v) is 10.9. The number of carbonyl (C=O) groups is 1. The summed E-state index contributed by atoms with van der Waals surface area (Å²) in [5.41, 5.74) is 2.36. The van der Waals surface area contributed by atoms with Gasteiger partial charge in [0.25, 0.3) is 5.91 Å². The van der Waals surface area contributed by atoms with Gasteiger partial charge in [0.1, 0.15) is 11.9 Å². The van der Waals surface area contributed by atoms with Crippen molar-refractivity contribution in [1.29, 1.82) is 0 Å². The molecule has 1 unspecified atom stereocenters. The predicted octanol–water partition coefficient (Wildman–Crippen LogP) is 6.85. The molecule has 2 aliphatic heterocycles. The van der Waals surface area contributed by atoms with Gasteiger partial charge in [-0.1, -0.05) is 42.3 Å². The SMILES string of the molecule is CCCC1C/C=C/CCCC/C(=N/OCC(=O)N2CCCCC2)Cc2c(Cl)c(O)cc(C3CC3)c2OO1. The Balaban J connectivity index is 1.58. The quantitative estimate of drug-likeness (QED) is 0.246. The van der Waals surface area contributed by atoms with Gasteiger partial charge in [-0.05, 0) is 82.6 Å². The summed E-state index contributed by atoms with van der Waals surface area (Å²) in [5.74, 6) is 0.925. The number of hydrogen-bond acceptors (Lipinski definition) is 6. The Labute approximate surface area is 225 Å². The van der Waals surface area contributed by atoms with Crippen molar-refractivity contribution in [1.82, 2.24) is 4.90 Å². The third-order valence-corrected chi connectivity index (χ3v) is 7.76. The van der Waals surface area contributed by atoms with Crippen LogP contribution in [0.1, 0.15) is 101 Å². The van der Waals surface area contributed by atoms with Gasteiger partial charge in [-0.2, -0.15) is 4.89 Å². The zero-order valence-electron chi connectivity index (χ0n) is 22.1. The number of hydrogen-bond donors (Lipinski definition) is 1. The van der Waals surface area contributed by atoms with Crippen LogP contribution in [-0.4, -0.2) is 47.4 Å². The molecule has 0 aromatic heterocycles. The van der Waals surface area contributed by atoms with E-state index in [1.54, 1.807) is 6.07 Å². The first-order valence-corrected chi connectivity index (χ1v) is 14.4. The number of benzene rings is 1. The molecule has 1 atom stereocenters. The number of aromatic hydroxyl groups is 1. The van der Waals surface area contributed by atoms with Gasteiger partial charge in [-0.15, -0.1) is 0 Å². The molecule has 204 valence electrons. The summed E-state index contributed by atoms with van der Waals surface area (Å²) < 4.78 is 0. The fraction of sp³-hybridized carbons (Fsp3) is 0.655. The summed E-state index contributed by atoms with van der Waals surface area (Å²) in [6, 6.07) is 1.71. The lowest BCUT2D eigenvalue weighted by molar-refractivity contribution is -0.246. The lowest BCUT2D eigenvalue weighted by atomic mass is 9.98. The summed E-state index contributed by atoms with van der Waals surface area (Å²) in [7, 11) is 0. The molecule has 2 fully saturated rings. The number of nitrogens with zero attached hydrogens (tertiary/aromatic N) is 2. The van der Waals surface area contributed by atoms with Crippen LogP contribution in [0.4, 0.5) is 0 Å². The molecule has 3 aliphatic rings. The Morgan fingerprint density at radius 2 is 2.00 bits per heavy atom. The molecular formula is C29H41ClN2O5. The molecule has 1 saturated heterocycles. The molecule has 1 aliphatic carbocycles. The highest BCUT2D eigenvalue weighted by Gasteiger charge is 2.32. The fourth-order valence-corrected chi connectivity index (χ4v) is 5.25. The molecule has 1 aromatic rings. The van der Waals surface area contributed by atoms with Crippen LogP contribution in [0.25, 0.3) is 0 Å². The lowest BCUT2D eigenvalue weighted by Gasteiger charge is -2.26. The molecule has 1 N–H and O–H groups in total. The maximum absolute atomic E-state index is 12.6. The molecule has 37 heavy (non-hydrogen) atoms. The highest BCUT2D eigenvalue weighted by Crippen LogP contribution is 2.49. The molecule has 0 radical (unpaired) electrons. The molecule has 8 heteroatoms. The van der Waals surface area contributed by atoms with Crippen molar-refractivity contribution in [3.63, 3.8) is 0 Å². The molecule has 2 heterocycles. The summed E-state index contributed by atoms with van der Waals surface area (Å²) in [5, 5.41) is 15.3. The van der Waals surface area contributed by atoms with E-state index >= 15 is 0 Å². The van der Waals surface area contributed by atoms with E-state index in [0.717, 1.165) is 88.6 Å². The number of carbonyl (C=O) groups excluding carboxylic acids is 1. The van der Waals surface area contributed by atoms with E-state index in [9.17, 15) is 9.90 Å². The first kappa shape index (κ1) is 27.8. The number of phenols is 1.